The molecule has 0 atom stereocenters. The molecule has 1 aromatic heterocycles. The second-order valence-electron chi connectivity index (χ2n) is 5.08. The molecule has 0 amide bonds. The molecule has 3 rings (SSSR count). The van der Waals surface area contributed by atoms with Crippen molar-refractivity contribution in [1.82, 2.24) is 9.55 Å². The number of aromatic nitrogens is 2. The number of fused-ring (bicyclic) bond motifs is 3. The highest BCUT2D eigenvalue weighted by Gasteiger charge is 2.35. The number of benzene rings is 1. The minimum Gasteiger partial charge on any atom is -0.330 e. The molecule has 1 aliphatic rings. The van der Waals surface area contributed by atoms with Crippen LogP contribution < -0.4 is 0 Å². The maximum absolute atomic E-state index is 12.1. The topological polar surface area (TPSA) is 52.0 Å². The van der Waals surface area contributed by atoms with Crippen LogP contribution in [0.25, 0.3) is 11.3 Å². The molecule has 4 nitrogen and oxygen atoms in total. The zero-order valence-corrected chi connectivity index (χ0v) is 11.1. The molecule has 0 bridgehead atoms. The minimum absolute atomic E-state index is 0.200. The quantitative estimate of drug-likeness (QED) is 0.735. The highest BCUT2D eigenvalue weighted by molar-refractivity contribution is 6.52. The van der Waals surface area contributed by atoms with Crippen molar-refractivity contribution in [1.29, 1.82) is 0 Å². The van der Waals surface area contributed by atoms with Crippen LogP contribution >= 0.6 is 0 Å². The van der Waals surface area contributed by atoms with Crippen LogP contribution in [0.15, 0.2) is 24.3 Å². The maximum atomic E-state index is 12.1. The summed E-state index contributed by atoms with van der Waals surface area (Å²) >= 11 is 0. The van der Waals surface area contributed by atoms with E-state index in [0.29, 0.717) is 5.56 Å². The van der Waals surface area contributed by atoms with Gasteiger partial charge in [0.2, 0.25) is 5.78 Å². The molecule has 0 fully saturated rings. The molecule has 0 radical (unpaired) electrons. The summed E-state index contributed by atoms with van der Waals surface area (Å²) in [5.74, 6) is 0.0567. The van der Waals surface area contributed by atoms with E-state index in [-0.39, 0.29) is 11.6 Å². The van der Waals surface area contributed by atoms with Crippen molar-refractivity contribution >= 4 is 11.6 Å². The molecule has 4 heteroatoms. The number of hydrogen-bond acceptors (Lipinski definition) is 3. The first kappa shape index (κ1) is 11.8. The Balaban J connectivity index is 2.38. The van der Waals surface area contributed by atoms with Gasteiger partial charge in [-0.15, -0.1) is 0 Å². The lowest BCUT2D eigenvalue weighted by molar-refractivity contribution is 0.0812. The van der Waals surface area contributed by atoms with Gasteiger partial charge in [-0.3, -0.25) is 9.59 Å². The predicted molar refractivity (Wildman–Crippen MR) is 71.4 cm³/mol. The molecule has 0 saturated heterocycles. The number of carbonyl (C=O) groups is 2. The van der Waals surface area contributed by atoms with Crippen LogP contribution in [0.3, 0.4) is 0 Å². The van der Waals surface area contributed by atoms with Crippen LogP contribution in [0.4, 0.5) is 0 Å². The third-order valence-corrected chi connectivity index (χ3v) is 3.49. The van der Waals surface area contributed by atoms with Gasteiger partial charge < -0.3 is 4.57 Å². The molecule has 0 spiro atoms. The number of ketones is 2. The summed E-state index contributed by atoms with van der Waals surface area (Å²) in [5, 5.41) is 0. The number of hydrogen-bond donors (Lipinski definition) is 0. The van der Waals surface area contributed by atoms with Gasteiger partial charge in [-0.2, -0.15) is 0 Å². The van der Waals surface area contributed by atoms with Crippen molar-refractivity contribution in [3.63, 3.8) is 0 Å². The van der Waals surface area contributed by atoms with Crippen LogP contribution in [0, 0.1) is 0 Å². The van der Waals surface area contributed by atoms with Gasteiger partial charge in [-0.25, -0.2) is 4.98 Å². The molecule has 1 aromatic carbocycles. The van der Waals surface area contributed by atoms with E-state index in [4.69, 9.17) is 0 Å². The number of Topliss-reactive ketones (excluding diaryl/α,β-unsaturated/α-hetero) is 2. The first-order valence-corrected chi connectivity index (χ1v) is 6.27. The lowest BCUT2D eigenvalue weighted by Gasteiger charge is -2.15. The van der Waals surface area contributed by atoms with Gasteiger partial charge in [-0.05, 0) is 0 Å². The number of rotatable bonds is 1. The average Bonchev–Trinajstić information content (AvgIpc) is 2.74. The smallest absolute Gasteiger partial charge is 0.254 e. The maximum Gasteiger partial charge on any atom is 0.254 e. The van der Waals surface area contributed by atoms with Gasteiger partial charge in [0.15, 0.2) is 0 Å². The zero-order chi connectivity index (χ0) is 13.7. The van der Waals surface area contributed by atoms with Gasteiger partial charge in [0, 0.05) is 24.1 Å². The zero-order valence-electron chi connectivity index (χ0n) is 11.1. The van der Waals surface area contributed by atoms with Crippen LogP contribution in [0.2, 0.25) is 0 Å². The van der Waals surface area contributed by atoms with Gasteiger partial charge in [-0.1, -0.05) is 38.1 Å². The molecular weight excluding hydrogens is 240 g/mol. The average molecular weight is 254 g/mol. The summed E-state index contributed by atoms with van der Waals surface area (Å²) in [7, 11) is 1.89. The Bertz CT molecular complexity index is 711. The summed E-state index contributed by atoms with van der Waals surface area (Å²) in [5.41, 5.74) is 2.31. The number of nitrogens with zero attached hydrogens (tertiary/aromatic N) is 2. The fraction of sp³-hybridized carbons (Fsp3) is 0.267. The Labute approximate surface area is 111 Å². The number of carbonyl (C=O) groups excluding carboxylic acids is 2. The summed E-state index contributed by atoms with van der Waals surface area (Å²) in [6, 6.07) is 7.20. The second kappa shape index (κ2) is 3.88. The second-order valence-corrected chi connectivity index (χ2v) is 5.08. The predicted octanol–water partition coefficient (Wildman–Crippen LogP) is 2.59. The van der Waals surface area contributed by atoms with E-state index in [9.17, 15) is 9.59 Å². The largest absolute Gasteiger partial charge is 0.330 e. The van der Waals surface area contributed by atoms with E-state index in [1.807, 2.05) is 37.6 Å². The van der Waals surface area contributed by atoms with Gasteiger partial charge in [0.05, 0.1) is 5.69 Å². The highest BCUT2D eigenvalue weighted by Crippen LogP contribution is 2.34. The van der Waals surface area contributed by atoms with E-state index < -0.39 is 11.6 Å². The lowest BCUT2D eigenvalue weighted by Crippen LogP contribution is -2.21. The molecule has 0 saturated carbocycles. The van der Waals surface area contributed by atoms with Crippen molar-refractivity contribution in [2.24, 2.45) is 7.05 Å². The summed E-state index contributed by atoms with van der Waals surface area (Å²) < 4.78 is 1.92. The van der Waals surface area contributed by atoms with Crippen LogP contribution in [-0.4, -0.2) is 21.1 Å². The van der Waals surface area contributed by atoms with Crippen molar-refractivity contribution in [3.05, 3.63) is 41.3 Å². The van der Waals surface area contributed by atoms with Crippen molar-refractivity contribution < 1.29 is 9.59 Å². The Morgan fingerprint density at radius 1 is 1.05 bits per heavy atom. The summed E-state index contributed by atoms with van der Waals surface area (Å²) in [6.45, 7) is 4.04. The Hall–Kier alpha value is -2.23. The highest BCUT2D eigenvalue weighted by atomic mass is 16.2. The van der Waals surface area contributed by atoms with Crippen molar-refractivity contribution in [2.45, 2.75) is 19.8 Å². The molecule has 96 valence electrons. The standard InChI is InChI=1S/C15H14N2O2/c1-8(2)15-16-11-12(17(15)3)9-6-4-5-7-10(9)13(18)14(11)19/h4-8H,1-3H3. The Morgan fingerprint density at radius 2 is 1.68 bits per heavy atom. The molecule has 0 unspecified atom stereocenters. The van der Waals surface area contributed by atoms with E-state index in [1.165, 1.54) is 0 Å². The van der Waals surface area contributed by atoms with Crippen LogP contribution in [0.1, 0.15) is 46.4 Å². The Morgan fingerprint density at radius 3 is 2.32 bits per heavy atom. The molecule has 1 heterocycles. The molecule has 19 heavy (non-hydrogen) atoms. The molecule has 1 aliphatic carbocycles. The van der Waals surface area contributed by atoms with Crippen LogP contribution in [-0.2, 0) is 7.05 Å². The minimum atomic E-state index is -0.504. The van der Waals surface area contributed by atoms with E-state index >= 15 is 0 Å². The van der Waals surface area contributed by atoms with E-state index in [2.05, 4.69) is 4.98 Å². The fourth-order valence-corrected chi connectivity index (χ4v) is 2.62. The van der Waals surface area contributed by atoms with Gasteiger partial charge >= 0.3 is 0 Å². The monoisotopic (exact) mass is 254 g/mol. The first-order valence-electron chi connectivity index (χ1n) is 6.27. The summed E-state index contributed by atoms with van der Waals surface area (Å²) in [4.78, 5) is 28.6. The van der Waals surface area contributed by atoms with Crippen molar-refractivity contribution in [2.75, 3.05) is 0 Å². The Kier molecular flexibility index (Phi) is 2.42. The van der Waals surface area contributed by atoms with Gasteiger partial charge in [0.1, 0.15) is 11.5 Å². The van der Waals surface area contributed by atoms with Gasteiger partial charge in [0.25, 0.3) is 5.78 Å². The number of imidazole rings is 1. The third-order valence-electron chi connectivity index (χ3n) is 3.49. The summed E-state index contributed by atoms with van der Waals surface area (Å²) in [6.07, 6.45) is 0. The van der Waals surface area contributed by atoms with E-state index in [1.54, 1.807) is 12.1 Å². The fourth-order valence-electron chi connectivity index (χ4n) is 2.62. The lowest BCUT2D eigenvalue weighted by atomic mass is 9.90. The third kappa shape index (κ3) is 1.49. The molecule has 2 aromatic rings. The SMILES string of the molecule is CC(C)c1nc2c(n1C)-c1ccccc1C(=O)C2=O. The van der Waals surface area contributed by atoms with Crippen molar-refractivity contribution in [3.8, 4) is 11.3 Å². The normalized spacial score (nSPS) is 13.7. The van der Waals surface area contributed by atoms with E-state index in [0.717, 1.165) is 17.1 Å². The molecule has 0 aliphatic heterocycles. The van der Waals surface area contributed by atoms with Crippen LogP contribution in [0.5, 0.6) is 0 Å². The molecular formula is C15H14N2O2. The molecule has 0 N–H and O–H groups in total. The first-order chi connectivity index (χ1) is 9.02.